The zero-order chi connectivity index (χ0) is 25.0. The van der Waals surface area contributed by atoms with Gasteiger partial charge in [-0.25, -0.2) is 0 Å². The van der Waals surface area contributed by atoms with Crippen molar-refractivity contribution >= 4 is 24.0 Å². The van der Waals surface area contributed by atoms with Crippen LogP contribution in [0, 0.1) is 0 Å². The van der Waals surface area contributed by atoms with Gasteiger partial charge in [0.15, 0.2) is 0 Å². The first-order valence-corrected chi connectivity index (χ1v) is 12.9. The molecule has 0 aromatic heterocycles. The van der Waals surface area contributed by atoms with Crippen LogP contribution in [0.2, 0.25) is 0 Å². The third-order valence-electron chi connectivity index (χ3n) is 5.73. The SMILES string of the molecule is O=C(C=Cc1ccccc1)NCCCCCCCCCCCCNC(=O)C=Cc1cccc(O)c1. The fourth-order valence-corrected chi connectivity index (χ4v) is 3.74. The summed E-state index contributed by atoms with van der Waals surface area (Å²) < 4.78 is 0. The van der Waals surface area contributed by atoms with Crippen LogP contribution in [0.3, 0.4) is 0 Å². The molecule has 0 unspecified atom stereocenters. The average Bonchev–Trinajstić information content (AvgIpc) is 2.87. The van der Waals surface area contributed by atoms with Crippen molar-refractivity contribution in [2.45, 2.75) is 64.2 Å². The monoisotopic (exact) mass is 476 g/mol. The maximum Gasteiger partial charge on any atom is 0.243 e. The fraction of sp³-hybridized carbons (Fsp3) is 0.400. The van der Waals surface area contributed by atoms with Gasteiger partial charge in [0.05, 0.1) is 0 Å². The van der Waals surface area contributed by atoms with Crippen LogP contribution >= 0.6 is 0 Å². The molecule has 188 valence electrons. The molecular formula is C30H40N2O3. The van der Waals surface area contributed by atoms with Gasteiger partial charge >= 0.3 is 0 Å². The van der Waals surface area contributed by atoms with Gasteiger partial charge in [-0.2, -0.15) is 0 Å². The number of phenolic OH excluding ortho intramolecular Hbond substituents is 1. The second-order valence-corrected chi connectivity index (χ2v) is 8.79. The second kappa shape index (κ2) is 18.0. The van der Waals surface area contributed by atoms with E-state index in [1.807, 2.05) is 42.5 Å². The van der Waals surface area contributed by atoms with Crippen molar-refractivity contribution in [3.05, 3.63) is 77.9 Å². The van der Waals surface area contributed by atoms with E-state index in [9.17, 15) is 14.7 Å². The van der Waals surface area contributed by atoms with E-state index in [1.165, 1.54) is 44.6 Å². The summed E-state index contributed by atoms with van der Waals surface area (Å²) in [5.41, 5.74) is 1.84. The molecule has 2 aromatic carbocycles. The Morgan fingerprint density at radius 2 is 1.06 bits per heavy atom. The Labute approximate surface area is 210 Å². The Bertz CT molecular complexity index is 922. The van der Waals surface area contributed by atoms with Crippen LogP contribution in [0.1, 0.15) is 75.3 Å². The Kier molecular flexibility index (Phi) is 14.4. The Morgan fingerprint density at radius 1 is 0.600 bits per heavy atom. The van der Waals surface area contributed by atoms with Crippen molar-refractivity contribution in [1.82, 2.24) is 10.6 Å². The lowest BCUT2D eigenvalue weighted by Gasteiger charge is -2.04. The number of unbranched alkanes of at least 4 members (excludes halogenated alkanes) is 9. The number of hydrogen-bond donors (Lipinski definition) is 3. The number of carbonyl (C=O) groups excluding carboxylic acids is 2. The molecule has 0 fully saturated rings. The molecule has 35 heavy (non-hydrogen) atoms. The number of rotatable bonds is 17. The lowest BCUT2D eigenvalue weighted by atomic mass is 10.1. The Morgan fingerprint density at radius 3 is 1.57 bits per heavy atom. The summed E-state index contributed by atoms with van der Waals surface area (Å²) in [7, 11) is 0. The lowest BCUT2D eigenvalue weighted by molar-refractivity contribution is -0.117. The number of carbonyl (C=O) groups is 2. The van der Waals surface area contributed by atoms with E-state index in [4.69, 9.17) is 0 Å². The van der Waals surface area contributed by atoms with Gasteiger partial charge in [-0.15, -0.1) is 0 Å². The van der Waals surface area contributed by atoms with Gasteiger partial charge in [-0.3, -0.25) is 9.59 Å². The maximum absolute atomic E-state index is 11.8. The van der Waals surface area contributed by atoms with E-state index >= 15 is 0 Å². The highest BCUT2D eigenvalue weighted by molar-refractivity contribution is 5.92. The predicted molar refractivity (Wildman–Crippen MR) is 145 cm³/mol. The minimum atomic E-state index is -0.100. The largest absolute Gasteiger partial charge is 0.508 e. The van der Waals surface area contributed by atoms with Crippen LogP contribution < -0.4 is 10.6 Å². The third-order valence-corrected chi connectivity index (χ3v) is 5.73. The topological polar surface area (TPSA) is 78.4 Å². The molecular weight excluding hydrogens is 436 g/mol. The summed E-state index contributed by atoms with van der Waals surface area (Å²) in [6, 6.07) is 16.7. The molecule has 0 aliphatic heterocycles. The number of phenols is 1. The van der Waals surface area contributed by atoms with Crippen LogP contribution in [0.5, 0.6) is 5.75 Å². The zero-order valence-electron chi connectivity index (χ0n) is 20.8. The van der Waals surface area contributed by atoms with Crippen molar-refractivity contribution in [2.24, 2.45) is 0 Å². The van der Waals surface area contributed by atoms with E-state index in [2.05, 4.69) is 10.6 Å². The standard InChI is InChI=1S/C30H40N2O3/c33-28-18-14-17-27(25-28)20-22-30(35)32-24-13-8-6-4-2-1-3-5-7-12-23-31-29(34)21-19-26-15-10-9-11-16-26/h9-11,14-22,25,33H,1-8,12-13,23-24H2,(H,31,34)(H,32,35). The van der Waals surface area contributed by atoms with Crippen molar-refractivity contribution in [3.63, 3.8) is 0 Å². The minimum Gasteiger partial charge on any atom is -0.508 e. The van der Waals surface area contributed by atoms with Gasteiger partial charge in [0, 0.05) is 25.2 Å². The first-order valence-electron chi connectivity index (χ1n) is 12.9. The minimum absolute atomic E-state index is 0.0294. The molecule has 0 atom stereocenters. The number of aromatic hydroxyl groups is 1. The summed E-state index contributed by atoms with van der Waals surface area (Å²) in [5.74, 6) is 0.0657. The van der Waals surface area contributed by atoms with Crippen LogP contribution in [0.25, 0.3) is 12.2 Å². The van der Waals surface area contributed by atoms with E-state index in [0.29, 0.717) is 6.54 Å². The highest BCUT2D eigenvalue weighted by atomic mass is 16.3. The number of benzene rings is 2. The first-order chi connectivity index (χ1) is 17.1. The van der Waals surface area contributed by atoms with Gasteiger partial charge in [-0.05, 0) is 48.3 Å². The van der Waals surface area contributed by atoms with Crippen molar-refractivity contribution < 1.29 is 14.7 Å². The molecule has 2 aromatic rings. The third kappa shape index (κ3) is 14.5. The quantitative estimate of drug-likeness (QED) is 0.186. The van der Waals surface area contributed by atoms with Gasteiger partial charge in [0.25, 0.3) is 0 Å². The van der Waals surface area contributed by atoms with Gasteiger partial charge in [0.1, 0.15) is 5.75 Å². The number of nitrogens with one attached hydrogen (secondary N) is 2. The predicted octanol–water partition coefficient (Wildman–Crippen LogP) is 6.25. The van der Waals surface area contributed by atoms with Gasteiger partial charge in [-0.1, -0.05) is 93.8 Å². The molecule has 0 aliphatic carbocycles. The van der Waals surface area contributed by atoms with E-state index in [-0.39, 0.29) is 17.6 Å². The Hall–Kier alpha value is -3.34. The summed E-state index contributed by atoms with van der Waals surface area (Å²) in [4.78, 5) is 23.6. The Balaban J connectivity index is 1.33. The van der Waals surface area contributed by atoms with Crippen molar-refractivity contribution in [2.75, 3.05) is 13.1 Å². The van der Waals surface area contributed by atoms with Gasteiger partial charge < -0.3 is 15.7 Å². The highest BCUT2D eigenvalue weighted by Gasteiger charge is 1.98. The van der Waals surface area contributed by atoms with E-state index in [1.54, 1.807) is 30.4 Å². The normalized spacial score (nSPS) is 11.2. The van der Waals surface area contributed by atoms with E-state index < -0.39 is 0 Å². The number of amides is 2. The van der Waals surface area contributed by atoms with Crippen molar-refractivity contribution in [1.29, 1.82) is 0 Å². The molecule has 0 saturated heterocycles. The van der Waals surface area contributed by atoms with Crippen LogP contribution in [-0.4, -0.2) is 30.0 Å². The van der Waals surface area contributed by atoms with Crippen LogP contribution in [0.4, 0.5) is 0 Å². The molecule has 0 bridgehead atoms. The second-order valence-electron chi connectivity index (χ2n) is 8.79. The smallest absolute Gasteiger partial charge is 0.243 e. The molecule has 0 radical (unpaired) electrons. The van der Waals surface area contributed by atoms with Crippen LogP contribution in [0.15, 0.2) is 66.7 Å². The number of hydrogen-bond acceptors (Lipinski definition) is 3. The lowest BCUT2D eigenvalue weighted by Crippen LogP contribution is -2.21. The molecule has 0 spiro atoms. The molecule has 2 rings (SSSR count). The first kappa shape index (κ1) is 27.9. The summed E-state index contributed by atoms with van der Waals surface area (Å²) in [5, 5.41) is 15.3. The highest BCUT2D eigenvalue weighted by Crippen LogP contribution is 2.12. The molecule has 3 N–H and O–H groups in total. The molecule has 0 saturated carbocycles. The fourth-order valence-electron chi connectivity index (χ4n) is 3.74. The molecule has 0 aliphatic rings. The summed E-state index contributed by atoms with van der Waals surface area (Å²) in [6.07, 6.45) is 18.4. The average molecular weight is 477 g/mol. The molecule has 2 amide bonds. The van der Waals surface area contributed by atoms with Crippen LogP contribution in [-0.2, 0) is 9.59 Å². The van der Waals surface area contributed by atoms with Crippen molar-refractivity contribution in [3.8, 4) is 5.75 Å². The summed E-state index contributed by atoms with van der Waals surface area (Å²) in [6.45, 7) is 1.43. The zero-order valence-corrected chi connectivity index (χ0v) is 20.8. The molecule has 5 heteroatoms. The maximum atomic E-state index is 11.8. The summed E-state index contributed by atoms with van der Waals surface area (Å²) >= 11 is 0. The van der Waals surface area contributed by atoms with E-state index in [0.717, 1.165) is 43.4 Å². The molecule has 0 heterocycles. The molecule has 5 nitrogen and oxygen atoms in total. The van der Waals surface area contributed by atoms with Gasteiger partial charge in [0.2, 0.25) is 11.8 Å².